The number of para-hydroxylation sites is 1. The third-order valence-corrected chi connectivity index (χ3v) is 4.16. The molecule has 130 valence electrons. The molecule has 1 aromatic heterocycles. The highest BCUT2D eigenvalue weighted by molar-refractivity contribution is 5.90. The average molecular weight is 340 g/mol. The summed E-state index contributed by atoms with van der Waals surface area (Å²) < 4.78 is 13.6. The summed E-state index contributed by atoms with van der Waals surface area (Å²) in [5, 5.41) is 14.2. The maximum Gasteiger partial charge on any atom is 0.165 e. The van der Waals surface area contributed by atoms with Crippen LogP contribution in [0.25, 0.3) is 22.3 Å². The number of nitrogens with zero attached hydrogens (tertiary/aromatic N) is 2. The normalized spacial score (nSPS) is 12.5. The van der Waals surface area contributed by atoms with Crippen LogP contribution in [0.3, 0.4) is 0 Å². The molecule has 0 radical (unpaired) electrons. The number of aromatic nitrogens is 2. The lowest BCUT2D eigenvalue weighted by Crippen LogP contribution is -2.34. The van der Waals surface area contributed by atoms with Gasteiger partial charge in [0, 0.05) is 18.0 Å². The average Bonchev–Trinajstić information content (AvgIpc) is 2.61. The fourth-order valence-electron chi connectivity index (χ4n) is 2.47. The van der Waals surface area contributed by atoms with E-state index in [9.17, 15) is 9.50 Å². The van der Waals surface area contributed by atoms with Crippen molar-refractivity contribution in [1.29, 1.82) is 0 Å². The second-order valence-electron chi connectivity index (χ2n) is 6.36. The molecule has 6 heteroatoms. The van der Waals surface area contributed by atoms with Crippen molar-refractivity contribution in [2.75, 3.05) is 11.9 Å². The summed E-state index contributed by atoms with van der Waals surface area (Å²) in [5.74, 6) is 0.673. The smallest absolute Gasteiger partial charge is 0.165 e. The van der Waals surface area contributed by atoms with Gasteiger partial charge in [0.2, 0.25) is 0 Å². The van der Waals surface area contributed by atoms with Crippen molar-refractivity contribution in [2.45, 2.75) is 19.9 Å². The third-order valence-electron chi connectivity index (χ3n) is 4.16. The molecule has 0 unspecified atom stereocenters. The van der Waals surface area contributed by atoms with Crippen LogP contribution in [-0.4, -0.2) is 27.7 Å². The van der Waals surface area contributed by atoms with Gasteiger partial charge in [0.05, 0.1) is 11.1 Å². The number of phenols is 1. The molecule has 0 aliphatic heterocycles. The van der Waals surface area contributed by atoms with Crippen LogP contribution in [0, 0.1) is 11.7 Å². The molecular weight excluding hydrogens is 319 g/mol. The maximum atomic E-state index is 13.6. The lowest BCUT2D eigenvalue weighted by Gasteiger charge is -2.18. The van der Waals surface area contributed by atoms with Crippen molar-refractivity contribution in [3.63, 3.8) is 0 Å². The van der Waals surface area contributed by atoms with Crippen molar-refractivity contribution in [3.8, 4) is 17.1 Å². The molecule has 0 saturated carbocycles. The van der Waals surface area contributed by atoms with E-state index in [2.05, 4.69) is 29.1 Å². The zero-order valence-corrected chi connectivity index (χ0v) is 14.2. The molecule has 3 rings (SSSR count). The van der Waals surface area contributed by atoms with E-state index in [1.165, 1.54) is 18.2 Å². The van der Waals surface area contributed by atoms with Crippen LogP contribution in [0.15, 0.2) is 42.5 Å². The third kappa shape index (κ3) is 3.69. The highest BCUT2D eigenvalue weighted by atomic mass is 19.1. The van der Waals surface area contributed by atoms with Crippen LogP contribution in [-0.2, 0) is 0 Å². The molecule has 2 aromatic carbocycles. The number of benzene rings is 2. The Morgan fingerprint density at radius 1 is 1.16 bits per heavy atom. The van der Waals surface area contributed by atoms with E-state index in [1.54, 1.807) is 0 Å². The lowest BCUT2D eigenvalue weighted by atomic mass is 10.1. The summed E-state index contributed by atoms with van der Waals surface area (Å²) in [5.41, 5.74) is 7.06. The Kier molecular flexibility index (Phi) is 4.81. The monoisotopic (exact) mass is 340 g/mol. The molecule has 3 aromatic rings. The van der Waals surface area contributed by atoms with Crippen LogP contribution in [0.1, 0.15) is 13.8 Å². The van der Waals surface area contributed by atoms with Gasteiger partial charge in [-0.25, -0.2) is 14.4 Å². The largest absolute Gasteiger partial charge is 0.507 e. The van der Waals surface area contributed by atoms with Crippen molar-refractivity contribution < 1.29 is 9.50 Å². The maximum absolute atomic E-state index is 13.6. The number of fused-ring (bicyclic) bond motifs is 1. The number of phenolic OH excluding ortho intramolecular Hbond substituents is 1. The molecule has 0 saturated heterocycles. The second kappa shape index (κ2) is 7.03. The molecular formula is C19H21FN4O. The molecule has 0 aliphatic carbocycles. The Hall–Kier alpha value is -2.73. The zero-order valence-electron chi connectivity index (χ0n) is 14.2. The standard InChI is InChI=1S/C19H21FN4O/c1-11(2)15(21)10-22-18-13-5-3-4-6-16(13)23-19(24-18)14-9-12(20)7-8-17(14)25/h3-9,11,15,25H,10,21H2,1-2H3,(H,22,23,24)/t15-/m0/s1. The van der Waals surface area contributed by atoms with E-state index in [0.29, 0.717) is 23.8 Å². The number of hydrogen-bond acceptors (Lipinski definition) is 5. The zero-order chi connectivity index (χ0) is 18.0. The molecule has 0 spiro atoms. The van der Waals surface area contributed by atoms with Gasteiger partial charge in [-0.1, -0.05) is 26.0 Å². The number of nitrogens with one attached hydrogen (secondary N) is 1. The lowest BCUT2D eigenvalue weighted by molar-refractivity contribution is 0.475. The van der Waals surface area contributed by atoms with Gasteiger partial charge in [-0.2, -0.15) is 0 Å². The molecule has 5 nitrogen and oxygen atoms in total. The van der Waals surface area contributed by atoms with E-state index in [0.717, 1.165) is 5.39 Å². The summed E-state index contributed by atoms with van der Waals surface area (Å²) in [4.78, 5) is 8.96. The van der Waals surface area contributed by atoms with E-state index in [1.807, 2.05) is 24.3 Å². The fourth-order valence-corrected chi connectivity index (χ4v) is 2.47. The molecule has 1 heterocycles. The minimum atomic E-state index is -0.458. The number of rotatable bonds is 5. The summed E-state index contributed by atoms with van der Waals surface area (Å²) >= 11 is 0. The predicted molar refractivity (Wildman–Crippen MR) is 97.9 cm³/mol. The van der Waals surface area contributed by atoms with Gasteiger partial charge in [0.25, 0.3) is 0 Å². The van der Waals surface area contributed by atoms with Crippen molar-refractivity contribution in [3.05, 3.63) is 48.3 Å². The first-order chi connectivity index (χ1) is 12.0. The van der Waals surface area contributed by atoms with Crippen LogP contribution in [0.4, 0.5) is 10.2 Å². The van der Waals surface area contributed by atoms with Crippen molar-refractivity contribution >= 4 is 16.7 Å². The number of aromatic hydroxyl groups is 1. The van der Waals surface area contributed by atoms with Crippen LogP contribution in [0.2, 0.25) is 0 Å². The predicted octanol–water partition coefficient (Wildman–Crippen LogP) is 3.54. The van der Waals surface area contributed by atoms with E-state index >= 15 is 0 Å². The van der Waals surface area contributed by atoms with Crippen molar-refractivity contribution in [2.24, 2.45) is 11.7 Å². The quantitative estimate of drug-likeness (QED) is 0.662. The van der Waals surface area contributed by atoms with Crippen LogP contribution in [0.5, 0.6) is 5.75 Å². The first-order valence-corrected chi connectivity index (χ1v) is 8.21. The first-order valence-electron chi connectivity index (χ1n) is 8.21. The molecule has 1 atom stereocenters. The van der Waals surface area contributed by atoms with Gasteiger partial charge in [0.1, 0.15) is 17.4 Å². The van der Waals surface area contributed by atoms with Crippen molar-refractivity contribution in [1.82, 2.24) is 9.97 Å². The Bertz CT molecular complexity index is 898. The summed E-state index contributed by atoms with van der Waals surface area (Å²) in [6.45, 7) is 4.66. The molecule has 0 amide bonds. The molecule has 0 bridgehead atoms. The number of anilines is 1. The van der Waals surface area contributed by atoms with E-state index in [4.69, 9.17) is 5.73 Å². The van der Waals surface area contributed by atoms with Gasteiger partial charge in [-0.3, -0.25) is 0 Å². The van der Waals surface area contributed by atoms with E-state index < -0.39 is 5.82 Å². The number of halogens is 1. The minimum absolute atomic E-state index is 0.0280. The molecule has 0 aliphatic rings. The minimum Gasteiger partial charge on any atom is -0.507 e. The van der Waals surface area contributed by atoms with Crippen LogP contribution < -0.4 is 11.1 Å². The highest BCUT2D eigenvalue weighted by Gasteiger charge is 2.14. The van der Waals surface area contributed by atoms with Gasteiger partial charge >= 0.3 is 0 Å². The fraction of sp³-hybridized carbons (Fsp3) is 0.263. The molecule has 0 fully saturated rings. The van der Waals surface area contributed by atoms with E-state index in [-0.39, 0.29) is 23.2 Å². The highest BCUT2D eigenvalue weighted by Crippen LogP contribution is 2.30. The van der Waals surface area contributed by atoms with Gasteiger partial charge in [-0.05, 0) is 36.2 Å². The second-order valence-corrected chi connectivity index (χ2v) is 6.36. The number of nitrogens with two attached hydrogens (primary N) is 1. The number of hydrogen-bond donors (Lipinski definition) is 3. The van der Waals surface area contributed by atoms with Gasteiger partial charge < -0.3 is 16.2 Å². The van der Waals surface area contributed by atoms with Gasteiger partial charge in [0.15, 0.2) is 5.82 Å². The Morgan fingerprint density at radius 2 is 1.92 bits per heavy atom. The molecule has 25 heavy (non-hydrogen) atoms. The van der Waals surface area contributed by atoms with Crippen LogP contribution >= 0.6 is 0 Å². The summed E-state index contributed by atoms with van der Waals surface area (Å²) in [6.07, 6.45) is 0. The summed E-state index contributed by atoms with van der Waals surface area (Å²) in [6, 6.07) is 11.2. The first kappa shape index (κ1) is 17.1. The Morgan fingerprint density at radius 3 is 2.68 bits per heavy atom. The summed E-state index contributed by atoms with van der Waals surface area (Å²) in [7, 11) is 0. The van der Waals surface area contributed by atoms with Gasteiger partial charge in [-0.15, -0.1) is 0 Å². The SMILES string of the molecule is CC(C)[C@@H](N)CNc1nc(-c2cc(F)ccc2O)nc2ccccc12. The Balaban J connectivity index is 2.07. The molecule has 4 N–H and O–H groups in total. The topological polar surface area (TPSA) is 84.1 Å². The Labute approximate surface area is 145 Å².